The summed E-state index contributed by atoms with van der Waals surface area (Å²) < 4.78 is 1.32. The van der Waals surface area contributed by atoms with Crippen LogP contribution in [0.15, 0.2) is 73.1 Å². The van der Waals surface area contributed by atoms with Crippen LogP contribution in [0.1, 0.15) is 29.5 Å². The fourth-order valence-electron chi connectivity index (χ4n) is 3.51. The number of aromatic nitrogens is 3. The third kappa shape index (κ3) is 3.27. The summed E-state index contributed by atoms with van der Waals surface area (Å²) in [5.74, 6) is -0.846. The van der Waals surface area contributed by atoms with Gasteiger partial charge in [0, 0.05) is 11.0 Å². The van der Waals surface area contributed by atoms with Crippen LogP contribution in [0.5, 0.6) is 0 Å². The smallest absolute Gasteiger partial charge is 0.390 e. The van der Waals surface area contributed by atoms with E-state index in [-0.39, 0.29) is 11.7 Å². The molecule has 0 N–H and O–H groups in total. The van der Waals surface area contributed by atoms with Gasteiger partial charge in [-0.2, -0.15) is 4.68 Å². The molecule has 0 bridgehead atoms. The molecule has 1 heterocycles. The SMILES string of the molecule is O=C1C=C(c2ccccc2)C[C@@H](c2ccccc2)[C@H]1n1cnc([N+](=O)[O-])n1. The summed E-state index contributed by atoms with van der Waals surface area (Å²) >= 11 is 0. The van der Waals surface area contributed by atoms with Crippen molar-refractivity contribution in [2.24, 2.45) is 0 Å². The minimum Gasteiger partial charge on any atom is -0.390 e. The molecule has 4 rings (SSSR count). The average Bonchev–Trinajstić information content (AvgIpc) is 3.19. The molecule has 1 aliphatic carbocycles. The minimum atomic E-state index is -0.666. The number of carbonyl (C=O) groups excluding carboxylic acids is 1. The summed E-state index contributed by atoms with van der Waals surface area (Å²) in [6.07, 6.45) is 3.50. The molecule has 0 amide bonds. The van der Waals surface area contributed by atoms with Gasteiger partial charge in [-0.05, 0) is 34.1 Å². The largest absolute Gasteiger partial charge is 0.490 e. The Labute approximate surface area is 155 Å². The first-order valence-corrected chi connectivity index (χ1v) is 8.54. The van der Waals surface area contributed by atoms with Crippen LogP contribution in [0.4, 0.5) is 5.95 Å². The van der Waals surface area contributed by atoms with Crippen LogP contribution in [-0.2, 0) is 4.79 Å². The highest BCUT2D eigenvalue weighted by molar-refractivity contribution is 6.02. The van der Waals surface area contributed by atoms with E-state index in [0.717, 1.165) is 16.7 Å². The van der Waals surface area contributed by atoms with E-state index in [0.29, 0.717) is 6.42 Å². The van der Waals surface area contributed by atoms with Gasteiger partial charge in [0.25, 0.3) is 0 Å². The van der Waals surface area contributed by atoms with E-state index < -0.39 is 16.9 Å². The van der Waals surface area contributed by atoms with Crippen LogP contribution in [-0.4, -0.2) is 25.5 Å². The molecule has 0 aliphatic heterocycles. The summed E-state index contributed by atoms with van der Waals surface area (Å²) in [5.41, 5.74) is 2.92. The lowest BCUT2D eigenvalue weighted by Gasteiger charge is -2.29. The average molecular weight is 360 g/mol. The van der Waals surface area contributed by atoms with E-state index in [4.69, 9.17) is 0 Å². The number of nitrogens with zero attached hydrogens (tertiary/aromatic N) is 4. The Morgan fingerprint density at radius 2 is 1.70 bits per heavy atom. The molecule has 134 valence electrons. The number of ketones is 1. The van der Waals surface area contributed by atoms with Gasteiger partial charge in [-0.1, -0.05) is 65.6 Å². The first kappa shape index (κ1) is 16.8. The molecular formula is C20H16N4O3. The molecule has 7 nitrogen and oxygen atoms in total. The number of hydrogen-bond donors (Lipinski definition) is 0. The third-order valence-electron chi connectivity index (χ3n) is 4.75. The van der Waals surface area contributed by atoms with Crippen molar-refractivity contribution < 1.29 is 9.72 Å². The van der Waals surface area contributed by atoms with Crippen molar-refractivity contribution >= 4 is 17.3 Å². The molecule has 3 aromatic rings. The fraction of sp³-hybridized carbons (Fsp3) is 0.150. The number of allylic oxidation sites excluding steroid dienone is 2. The number of benzene rings is 2. The standard InChI is InChI=1S/C20H16N4O3/c25-18-12-16(14-7-3-1-4-8-14)11-17(15-9-5-2-6-10-15)19(18)23-13-21-20(22-23)24(26)27/h1-10,12-13,17,19H,11H2/t17-,19+/m0/s1. The number of rotatable bonds is 4. The quantitative estimate of drug-likeness (QED) is 0.524. The van der Waals surface area contributed by atoms with Gasteiger partial charge >= 0.3 is 5.95 Å². The van der Waals surface area contributed by atoms with Crippen molar-refractivity contribution in [2.45, 2.75) is 18.4 Å². The van der Waals surface area contributed by atoms with Crippen molar-refractivity contribution in [3.8, 4) is 0 Å². The Kier molecular flexibility index (Phi) is 4.33. The summed E-state index contributed by atoms with van der Waals surface area (Å²) in [6, 6.07) is 18.8. The van der Waals surface area contributed by atoms with E-state index in [2.05, 4.69) is 10.1 Å². The van der Waals surface area contributed by atoms with Gasteiger partial charge in [0.15, 0.2) is 5.78 Å². The Balaban J connectivity index is 1.79. The van der Waals surface area contributed by atoms with Gasteiger partial charge in [-0.3, -0.25) is 4.79 Å². The van der Waals surface area contributed by atoms with Crippen molar-refractivity contribution in [1.82, 2.24) is 14.8 Å². The van der Waals surface area contributed by atoms with Gasteiger partial charge in [0.1, 0.15) is 6.04 Å². The summed E-state index contributed by atoms with van der Waals surface area (Å²) in [4.78, 5) is 27.0. The second-order valence-electron chi connectivity index (χ2n) is 6.39. The highest BCUT2D eigenvalue weighted by Gasteiger charge is 2.38. The highest BCUT2D eigenvalue weighted by atomic mass is 16.6. The second-order valence-corrected chi connectivity index (χ2v) is 6.39. The molecule has 0 spiro atoms. The molecule has 0 radical (unpaired) electrons. The van der Waals surface area contributed by atoms with Crippen LogP contribution in [0, 0.1) is 10.1 Å². The molecule has 0 saturated carbocycles. The predicted molar refractivity (Wildman–Crippen MR) is 98.9 cm³/mol. The summed E-state index contributed by atoms with van der Waals surface area (Å²) in [5, 5.41) is 14.9. The molecule has 1 aromatic heterocycles. The topological polar surface area (TPSA) is 90.9 Å². The molecule has 27 heavy (non-hydrogen) atoms. The number of nitro groups is 1. The van der Waals surface area contributed by atoms with Crippen molar-refractivity contribution in [3.05, 3.63) is 94.3 Å². The monoisotopic (exact) mass is 360 g/mol. The Morgan fingerprint density at radius 1 is 1.04 bits per heavy atom. The van der Waals surface area contributed by atoms with Gasteiger partial charge in [-0.15, -0.1) is 0 Å². The van der Waals surface area contributed by atoms with Crippen LogP contribution in [0.3, 0.4) is 0 Å². The molecule has 0 fully saturated rings. The van der Waals surface area contributed by atoms with Gasteiger partial charge in [-0.25, -0.2) is 0 Å². The lowest BCUT2D eigenvalue weighted by Crippen LogP contribution is -2.29. The van der Waals surface area contributed by atoms with Crippen LogP contribution < -0.4 is 0 Å². The van der Waals surface area contributed by atoms with Gasteiger partial charge < -0.3 is 10.1 Å². The lowest BCUT2D eigenvalue weighted by atomic mass is 9.77. The molecule has 1 aliphatic rings. The zero-order chi connectivity index (χ0) is 18.8. The van der Waals surface area contributed by atoms with Gasteiger partial charge in [0.2, 0.25) is 6.33 Å². The fourth-order valence-corrected chi connectivity index (χ4v) is 3.51. The zero-order valence-corrected chi connectivity index (χ0v) is 14.3. The van der Waals surface area contributed by atoms with E-state index in [1.807, 2.05) is 60.7 Å². The van der Waals surface area contributed by atoms with Crippen molar-refractivity contribution in [2.75, 3.05) is 0 Å². The Bertz CT molecular complexity index is 1010. The van der Waals surface area contributed by atoms with Crippen molar-refractivity contribution in [1.29, 1.82) is 0 Å². The third-order valence-corrected chi connectivity index (χ3v) is 4.75. The maximum absolute atomic E-state index is 13.0. The molecule has 0 unspecified atom stereocenters. The maximum atomic E-state index is 13.0. The highest BCUT2D eigenvalue weighted by Crippen LogP contribution is 2.41. The zero-order valence-electron chi connectivity index (χ0n) is 14.3. The van der Waals surface area contributed by atoms with E-state index in [9.17, 15) is 14.9 Å². The molecule has 2 aromatic carbocycles. The summed E-state index contributed by atoms with van der Waals surface area (Å²) in [6.45, 7) is 0. The van der Waals surface area contributed by atoms with E-state index in [1.165, 1.54) is 11.0 Å². The number of carbonyl (C=O) groups is 1. The molecule has 2 atom stereocenters. The molecule has 0 saturated heterocycles. The molecular weight excluding hydrogens is 344 g/mol. The van der Waals surface area contributed by atoms with Gasteiger partial charge in [0.05, 0.1) is 0 Å². The van der Waals surface area contributed by atoms with Crippen molar-refractivity contribution in [3.63, 3.8) is 0 Å². The maximum Gasteiger partial charge on any atom is 0.490 e. The Morgan fingerprint density at radius 3 is 2.33 bits per heavy atom. The minimum absolute atomic E-state index is 0.145. The predicted octanol–water partition coefficient (Wildman–Crippen LogP) is 3.57. The second kappa shape index (κ2) is 6.95. The first-order chi connectivity index (χ1) is 13.1. The number of hydrogen-bond acceptors (Lipinski definition) is 5. The van der Waals surface area contributed by atoms with E-state index in [1.54, 1.807) is 6.08 Å². The van der Waals surface area contributed by atoms with Crippen LogP contribution in [0.2, 0.25) is 0 Å². The Hall–Kier alpha value is -3.61. The lowest BCUT2D eigenvalue weighted by molar-refractivity contribution is -0.394. The van der Waals surface area contributed by atoms with Crippen LogP contribution >= 0.6 is 0 Å². The molecule has 7 heteroatoms. The summed E-state index contributed by atoms with van der Waals surface area (Å²) in [7, 11) is 0. The first-order valence-electron chi connectivity index (χ1n) is 8.54. The van der Waals surface area contributed by atoms with Crippen LogP contribution in [0.25, 0.3) is 5.57 Å². The van der Waals surface area contributed by atoms with E-state index >= 15 is 0 Å². The normalized spacial score (nSPS) is 19.6.